The van der Waals surface area contributed by atoms with Crippen LogP contribution in [0.3, 0.4) is 0 Å². The van der Waals surface area contributed by atoms with Crippen LogP contribution < -0.4 is 10.6 Å². The van der Waals surface area contributed by atoms with Crippen LogP contribution in [0.5, 0.6) is 0 Å². The fourth-order valence-corrected chi connectivity index (χ4v) is 4.38. The first kappa shape index (κ1) is 25.4. The SMILES string of the molecule is CCCCNc1ncc(-c2ccc(CCCOS(C)(=O)=O)cn2)c(NC2CCC(C)CC2)n1. The molecule has 2 aromatic heterocycles. The van der Waals surface area contributed by atoms with Crippen molar-refractivity contribution in [3.05, 3.63) is 30.1 Å². The highest BCUT2D eigenvalue weighted by molar-refractivity contribution is 7.85. The van der Waals surface area contributed by atoms with Gasteiger partial charge in [0.1, 0.15) is 5.82 Å². The van der Waals surface area contributed by atoms with Gasteiger partial charge in [0.2, 0.25) is 5.95 Å². The molecule has 0 saturated heterocycles. The van der Waals surface area contributed by atoms with Gasteiger partial charge in [-0.3, -0.25) is 9.17 Å². The molecule has 0 bridgehead atoms. The molecule has 0 spiro atoms. The molecule has 1 aliphatic carbocycles. The van der Waals surface area contributed by atoms with Crippen molar-refractivity contribution in [2.75, 3.05) is 30.0 Å². The summed E-state index contributed by atoms with van der Waals surface area (Å²) in [6.07, 6.45) is 13.0. The van der Waals surface area contributed by atoms with E-state index in [2.05, 4.69) is 34.4 Å². The molecule has 2 aromatic rings. The molecule has 0 amide bonds. The lowest BCUT2D eigenvalue weighted by atomic mass is 9.87. The molecule has 8 nitrogen and oxygen atoms in total. The van der Waals surface area contributed by atoms with Crippen molar-refractivity contribution >= 4 is 21.9 Å². The predicted octanol–water partition coefficient (Wildman–Crippen LogP) is 4.65. The third-order valence-corrected chi connectivity index (χ3v) is 6.56. The number of rotatable bonds is 12. The van der Waals surface area contributed by atoms with Crippen LogP contribution in [-0.2, 0) is 20.7 Å². The van der Waals surface area contributed by atoms with Crippen LogP contribution in [0.15, 0.2) is 24.5 Å². The van der Waals surface area contributed by atoms with E-state index in [1.54, 1.807) is 0 Å². The van der Waals surface area contributed by atoms with E-state index in [0.717, 1.165) is 67.0 Å². The first-order chi connectivity index (χ1) is 15.8. The first-order valence-electron chi connectivity index (χ1n) is 12.0. The largest absolute Gasteiger partial charge is 0.367 e. The Bertz CT molecular complexity index is 974. The monoisotopic (exact) mass is 475 g/mol. The van der Waals surface area contributed by atoms with Crippen molar-refractivity contribution in [1.29, 1.82) is 0 Å². The lowest BCUT2D eigenvalue weighted by molar-refractivity contribution is 0.316. The summed E-state index contributed by atoms with van der Waals surface area (Å²) in [5, 5.41) is 6.99. The summed E-state index contributed by atoms with van der Waals surface area (Å²) in [5.74, 6) is 2.25. The van der Waals surface area contributed by atoms with Crippen LogP contribution in [0.25, 0.3) is 11.3 Å². The van der Waals surface area contributed by atoms with Gasteiger partial charge in [-0.05, 0) is 62.5 Å². The van der Waals surface area contributed by atoms with Crippen LogP contribution in [0.1, 0.15) is 64.4 Å². The summed E-state index contributed by atoms with van der Waals surface area (Å²) >= 11 is 0. The number of hydrogen-bond acceptors (Lipinski definition) is 8. The molecule has 182 valence electrons. The van der Waals surface area contributed by atoms with E-state index in [-0.39, 0.29) is 6.61 Å². The Morgan fingerprint density at radius 2 is 1.88 bits per heavy atom. The zero-order chi connectivity index (χ0) is 23.7. The van der Waals surface area contributed by atoms with E-state index in [4.69, 9.17) is 9.17 Å². The summed E-state index contributed by atoms with van der Waals surface area (Å²) in [4.78, 5) is 14.0. The molecule has 0 radical (unpaired) electrons. The van der Waals surface area contributed by atoms with Gasteiger partial charge < -0.3 is 10.6 Å². The second kappa shape index (κ2) is 12.3. The van der Waals surface area contributed by atoms with Crippen LogP contribution >= 0.6 is 0 Å². The number of pyridine rings is 1. The summed E-state index contributed by atoms with van der Waals surface area (Å²) in [5.41, 5.74) is 2.74. The number of anilines is 2. The zero-order valence-electron chi connectivity index (χ0n) is 20.0. The van der Waals surface area contributed by atoms with Crippen LogP contribution in [-0.4, -0.2) is 48.8 Å². The van der Waals surface area contributed by atoms with Crippen molar-refractivity contribution in [1.82, 2.24) is 15.0 Å². The Morgan fingerprint density at radius 1 is 1.09 bits per heavy atom. The maximum atomic E-state index is 11.1. The molecule has 33 heavy (non-hydrogen) atoms. The van der Waals surface area contributed by atoms with Gasteiger partial charge >= 0.3 is 0 Å². The Morgan fingerprint density at radius 3 is 2.55 bits per heavy atom. The number of aromatic nitrogens is 3. The third kappa shape index (κ3) is 8.55. The van der Waals surface area contributed by atoms with Gasteiger partial charge in [0.25, 0.3) is 10.1 Å². The van der Waals surface area contributed by atoms with Gasteiger partial charge in [-0.1, -0.05) is 26.3 Å². The molecule has 1 saturated carbocycles. The van der Waals surface area contributed by atoms with Gasteiger partial charge in [-0.15, -0.1) is 0 Å². The molecule has 0 aromatic carbocycles. The lowest BCUT2D eigenvalue weighted by Crippen LogP contribution is -2.26. The topological polar surface area (TPSA) is 106 Å². The molecule has 1 fully saturated rings. The van der Waals surface area contributed by atoms with E-state index in [1.807, 2.05) is 24.5 Å². The predicted molar refractivity (Wildman–Crippen MR) is 133 cm³/mol. The highest BCUT2D eigenvalue weighted by Gasteiger charge is 2.20. The van der Waals surface area contributed by atoms with E-state index in [1.165, 1.54) is 12.8 Å². The standard InChI is InChI=1S/C24H37N5O3S/c1-4-5-14-25-24-27-17-21(23(29-24)28-20-11-8-18(2)9-12-20)22-13-10-19(16-26-22)7-6-15-32-33(3,30)31/h10,13,16-18,20H,4-9,11-12,14-15H2,1-3H3,(H2,25,27,28,29). The normalized spacial score (nSPS) is 18.8. The van der Waals surface area contributed by atoms with E-state index >= 15 is 0 Å². The summed E-state index contributed by atoms with van der Waals surface area (Å²) < 4.78 is 27.0. The Labute approximate surface area is 198 Å². The minimum Gasteiger partial charge on any atom is -0.367 e. The van der Waals surface area contributed by atoms with Gasteiger partial charge in [-0.25, -0.2) is 4.98 Å². The van der Waals surface area contributed by atoms with Crippen LogP contribution in [0, 0.1) is 5.92 Å². The lowest BCUT2D eigenvalue weighted by Gasteiger charge is -2.28. The minimum absolute atomic E-state index is 0.176. The zero-order valence-corrected chi connectivity index (χ0v) is 20.8. The van der Waals surface area contributed by atoms with E-state index < -0.39 is 10.1 Å². The number of nitrogens with one attached hydrogen (secondary N) is 2. The maximum absolute atomic E-state index is 11.1. The van der Waals surface area contributed by atoms with Crippen molar-refractivity contribution < 1.29 is 12.6 Å². The second-order valence-electron chi connectivity index (χ2n) is 9.02. The van der Waals surface area contributed by atoms with Gasteiger partial charge in [-0.2, -0.15) is 13.4 Å². The summed E-state index contributed by atoms with van der Waals surface area (Å²) in [7, 11) is -3.39. The molecule has 2 N–H and O–H groups in total. The third-order valence-electron chi connectivity index (χ3n) is 5.97. The van der Waals surface area contributed by atoms with E-state index in [0.29, 0.717) is 24.8 Å². The molecule has 0 aliphatic heterocycles. The van der Waals surface area contributed by atoms with E-state index in [9.17, 15) is 8.42 Å². The summed E-state index contributed by atoms with van der Waals surface area (Å²) in [6, 6.07) is 4.40. The smallest absolute Gasteiger partial charge is 0.264 e. The molecule has 9 heteroatoms. The Kier molecular flexibility index (Phi) is 9.43. The highest BCUT2D eigenvalue weighted by atomic mass is 32.2. The fourth-order valence-electron chi connectivity index (χ4n) is 3.96. The number of hydrogen-bond donors (Lipinski definition) is 2. The van der Waals surface area contributed by atoms with Crippen LogP contribution in [0.4, 0.5) is 11.8 Å². The first-order valence-corrected chi connectivity index (χ1v) is 13.8. The number of unbranched alkanes of at least 4 members (excludes halogenated alkanes) is 1. The van der Waals surface area contributed by atoms with Gasteiger partial charge in [0, 0.05) is 25.0 Å². The average molecular weight is 476 g/mol. The highest BCUT2D eigenvalue weighted by Crippen LogP contribution is 2.30. The second-order valence-corrected chi connectivity index (χ2v) is 10.7. The Balaban J connectivity index is 1.71. The number of aryl methyl sites for hydroxylation is 1. The average Bonchev–Trinajstić information content (AvgIpc) is 2.79. The minimum atomic E-state index is -3.39. The van der Waals surface area contributed by atoms with Crippen molar-refractivity contribution in [3.63, 3.8) is 0 Å². The molecule has 2 heterocycles. The molecule has 0 unspecified atom stereocenters. The fraction of sp³-hybridized carbons (Fsp3) is 0.625. The number of nitrogens with zero attached hydrogens (tertiary/aromatic N) is 3. The van der Waals surface area contributed by atoms with Gasteiger partial charge in [0.15, 0.2) is 0 Å². The maximum Gasteiger partial charge on any atom is 0.264 e. The molecule has 1 aliphatic rings. The molecule has 3 rings (SSSR count). The van der Waals surface area contributed by atoms with Crippen molar-refractivity contribution in [2.45, 2.75) is 71.3 Å². The van der Waals surface area contributed by atoms with Crippen LogP contribution in [0.2, 0.25) is 0 Å². The van der Waals surface area contributed by atoms with Gasteiger partial charge in [0.05, 0.1) is 24.1 Å². The van der Waals surface area contributed by atoms with Crippen molar-refractivity contribution in [3.8, 4) is 11.3 Å². The quantitative estimate of drug-likeness (QED) is 0.337. The summed E-state index contributed by atoms with van der Waals surface area (Å²) in [6.45, 7) is 5.51. The molecule has 0 atom stereocenters. The molecular formula is C24H37N5O3S. The Hall–Kier alpha value is -2.26. The van der Waals surface area contributed by atoms with Crippen molar-refractivity contribution in [2.24, 2.45) is 5.92 Å². The molecular weight excluding hydrogens is 438 g/mol.